The molecule has 1 aliphatic heterocycles. The number of nitrogens with one attached hydrogen (secondary N) is 1. The van der Waals surface area contributed by atoms with Crippen molar-refractivity contribution in [1.82, 2.24) is 20.2 Å². The van der Waals surface area contributed by atoms with E-state index >= 15 is 0 Å². The average Bonchev–Trinajstić information content (AvgIpc) is 3.11. The van der Waals surface area contributed by atoms with E-state index in [-0.39, 0.29) is 17.6 Å². The van der Waals surface area contributed by atoms with Crippen molar-refractivity contribution in [2.24, 2.45) is 0 Å². The molecule has 0 radical (unpaired) electrons. The summed E-state index contributed by atoms with van der Waals surface area (Å²) in [6.07, 6.45) is 6.05. The standard InChI is InChI=1S/C20H26N4O2S/c1-15-18(27-14-22-15)19(25)23-17-7-2-4-8-20(17)13-24(10-11-26-20)12-16-6-3-5-9-21-16/h3,5-6,9,14,17H,2,4,7-8,10-13H2,1H3,(H,23,25)/t17-,20-/m0/s1. The van der Waals surface area contributed by atoms with Crippen molar-refractivity contribution in [3.8, 4) is 0 Å². The third-order valence-electron chi connectivity index (χ3n) is 5.63. The second-order valence-electron chi connectivity index (χ2n) is 7.48. The molecule has 144 valence electrons. The number of carbonyl (C=O) groups is 1. The van der Waals surface area contributed by atoms with Gasteiger partial charge < -0.3 is 10.1 Å². The molecule has 1 amide bonds. The highest BCUT2D eigenvalue weighted by molar-refractivity contribution is 7.11. The number of amides is 1. The number of pyridine rings is 1. The predicted molar refractivity (Wildman–Crippen MR) is 105 cm³/mol. The Labute approximate surface area is 164 Å². The molecule has 7 heteroatoms. The summed E-state index contributed by atoms with van der Waals surface area (Å²) >= 11 is 1.40. The van der Waals surface area contributed by atoms with Gasteiger partial charge >= 0.3 is 0 Å². The number of carbonyl (C=O) groups excluding carboxylic acids is 1. The van der Waals surface area contributed by atoms with Crippen LogP contribution in [0.1, 0.15) is 46.7 Å². The molecule has 1 saturated heterocycles. The quantitative estimate of drug-likeness (QED) is 0.875. The van der Waals surface area contributed by atoms with E-state index in [0.717, 1.165) is 56.7 Å². The van der Waals surface area contributed by atoms with E-state index in [1.54, 1.807) is 5.51 Å². The Hall–Kier alpha value is -1.83. The van der Waals surface area contributed by atoms with Crippen molar-refractivity contribution in [2.45, 2.75) is 50.8 Å². The lowest BCUT2D eigenvalue weighted by atomic mass is 9.78. The average molecular weight is 387 g/mol. The lowest BCUT2D eigenvalue weighted by molar-refractivity contribution is -0.143. The highest BCUT2D eigenvalue weighted by Crippen LogP contribution is 2.35. The van der Waals surface area contributed by atoms with Gasteiger partial charge in [-0.05, 0) is 31.9 Å². The van der Waals surface area contributed by atoms with Crippen molar-refractivity contribution >= 4 is 17.2 Å². The highest BCUT2D eigenvalue weighted by atomic mass is 32.1. The molecule has 0 aromatic carbocycles. The van der Waals surface area contributed by atoms with Crippen LogP contribution in [-0.4, -0.2) is 52.1 Å². The summed E-state index contributed by atoms with van der Waals surface area (Å²) in [4.78, 5) is 24.6. The molecular formula is C20H26N4O2S. The smallest absolute Gasteiger partial charge is 0.263 e. The largest absolute Gasteiger partial charge is 0.370 e. The van der Waals surface area contributed by atoms with Crippen molar-refractivity contribution < 1.29 is 9.53 Å². The van der Waals surface area contributed by atoms with Crippen LogP contribution in [0.5, 0.6) is 0 Å². The maximum atomic E-state index is 12.8. The van der Waals surface area contributed by atoms with Gasteiger partial charge in [-0.25, -0.2) is 4.98 Å². The van der Waals surface area contributed by atoms with Gasteiger partial charge in [-0.3, -0.25) is 14.7 Å². The highest BCUT2D eigenvalue weighted by Gasteiger charge is 2.46. The van der Waals surface area contributed by atoms with Crippen LogP contribution in [0, 0.1) is 6.92 Å². The molecule has 1 saturated carbocycles. The van der Waals surface area contributed by atoms with E-state index < -0.39 is 0 Å². The first-order valence-corrected chi connectivity index (χ1v) is 10.5. The Kier molecular flexibility index (Phi) is 5.52. The first kappa shape index (κ1) is 18.5. The molecule has 0 unspecified atom stereocenters. The molecule has 4 rings (SSSR count). The van der Waals surface area contributed by atoms with E-state index in [9.17, 15) is 4.79 Å². The molecule has 2 aliphatic rings. The molecule has 1 spiro atoms. The molecule has 1 N–H and O–H groups in total. The van der Waals surface area contributed by atoms with Gasteiger partial charge in [-0.1, -0.05) is 18.9 Å². The molecule has 3 heterocycles. The molecule has 2 aromatic rings. The van der Waals surface area contributed by atoms with Gasteiger partial charge in [0.2, 0.25) is 0 Å². The maximum absolute atomic E-state index is 12.8. The van der Waals surface area contributed by atoms with Gasteiger partial charge in [0, 0.05) is 25.8 Å². The summed E-state index contributed by atoms with van der Waals surface area (Å²) in [6, 6.07) is 6.07. The van der Waals surface area contributed by atoms with Gasteiger partial charge in [0.25, 0.3) is 5.91 Å². The monoisotopic (exact) mass is 386 g/mol. The fourth-order valence-electron chi connectivity index (χ4n) is 4.26. The molecule has 0 bridgehead atoms. The lowest BCUT2D eigenvalue weighted by Gasteiger charge is -2.49. The molecule has 2 aromatic heterocycles. The molecule has 1 aliphatic carbocycles. The van der Waals surface area contributed by atoms with Crippen LogP contribution < -0.4 is 5.32 Å². The van der Waals surface area contributed by atoms with Gasteiger partial charge in [0.05, 0.1) is 29.5 Å². The molecule has 27 heavy (non-hydrogen) atoms. The van der Waals surface area contributed by atoms with E-state index in [0.29, 0.717) is 11.5 Å². The van der Waals surface area contributed by atoms with Crippen LogP contribution >= 0.6 is 11.3 Å². The van der Waals surface area contributed by atoms with E-state index in [1.807, 2.05) is 25.3 Å². The summed E-state index contributed by atoms with van der Waals surface area (Å²) in [7, 11) is 0. The van der Waals surface area contributed by atoms with Crippen LogP contribution in [0.25, 0.3) is 0 Å². The van der Waals surface area contributed by atoms with Crippen LogP contribution in [0.3, 0.4) is 0 Å². The normalized spacial score (nSPS) is 26.2. The number of nitrogens with zero attached hydrogens (tertiary/aromatic N) is 3. The first-order chi connectivity index (χ1) is 13.2. The van der Waals surface area contributed by atoms with E-state index in [4.69, 9.17) is 4.74 Å². The minimum absolute atomic E-state index is 0.0216. The SMILES string of the molecule is Cc1ncsc1C(=O)N[C@H]1CCCC[C@]12CN(Cc1ccccn1)CCO2. The zero-order chi connectivity index (χ0) is 18.7. The minimum atomic E-state index is -0.306. The summed E-state index contributed by atoms with van der Waals surface area (Å²) < 4.78 is 6.35. The molecular weight excluding hydrogens is 360 g/mol. The third-order valence-corrected chi connectivity index (χ3v) is 6.56. The van der Waals surface area contributed by atoms with Crippen molar-refractivity contribution in [3.63, 3.8) is 0 Å². The number of hydrogen-bond acceptors (Lipinski definition) is 6. The fourth-order valence-corrected chi connectivity index (χ4v) is 4.96. The van der Waals surface area contributed by atoms with Crippen LogP contribution in [-0.2, 0) is 11.3 Å². The topological polar surface area (TPSA) is 67.4 Å². The van der Waals surface area contributed by atoms with Crippen LogP contribution in [0.15, 0.2) is 29.9 Å². The molecule has 6 nitrogen and oxygen atoms in total. The Morgan fingerprint density at radius 3 is 3.11 bits per heavy atom. The predicted octanol–water partition coefficient (Wildman–Crippen LogP) is 2.79. The zero-order valence-electron chi connectivity index (χ0n) is 15.7. The fraction of sp³-hybridized carbons (Fsp3) is 0.550. The second kappa shape index (κ2) is 8.04. The Morgan fingerprint density at radius 1 is 1.41 bits per heavy atom. The number of rotatable bonds is 4. The summed E-state index contributed by atoms with van der Waals surface area (Å²) in [6.45, 7) is 5.12. The summed E-state index contributed by atoms with van der Waals surface area (Å²) in [5.74, 6) is -0.0216. The lowest BCUT2D eigenvalue weighted by Crippen LogP contribution is -2.63. The third kappa shape index (κ3) is 4.05. The van der Waals surface area contributed by atoms with E-state index in [1.165, 1.54) is 11.3 Å². The second-order valence-corrected chi connectivity index (χ2v) is 8.34. The van der Waals surface area contributed by atoms with Crippen molar-refractivity contribution in [3.05, 3.63) is 46.2 Å². The Morgan fingerprint density at radius 2 is 2.33 bits per heavy atom. The van der Waals surface area contributed by atoms with Gasteiger partial charge in [-0.2, -0.15) is 0 Å². The number of aromatic nitrogens is 2. The molecule has 2 fully saturated rings. The summed E-state index contributed by atoms with van der Waals surface area (Å²) in [5, 5.41) is 3.27. The first-order valence-electron chi connectivity index (χ1n) is 9.63. The van der Waals surface area contributed by atoms with Gasteiger partial charge in [0.1, 0.15) is 10.5 Å². The number of morpholine rings is 1. The van der Waals surface area contributed by atoms with Crippen LogP contribution in [0.2, 0.25) is 0 Å². The number of ether oxygens (including phenoxy) is 1. The number of aryl methyl sites for hydroxylation is 1. The Bertz CT molecular complexity index is 777. The Balaban J connectivity index is 1.48. The zero-order valence-corrected chi connectivity index (χ0v) is 16.5. The molecule has 2 atom stereocenters. The van der Waals surface area contributed by atoms with Crippen molar-refractivity contribution in [2.75, 3.05) is 19.7 Å². The van der Waals surface area contributed by atoms with E-state index in [2.05, 4.69) is 26.3 Å². The summed E-state index contributed by atoms with van der Waals surface area (Å²) in [5.41, 5.74) is 3.29. The minimum Gasteiger partial charge on any atom is -0.370 e. The van der Waals surface area contributed by atoms with Gasteiger partial charge in [0.15, 0.2) is 0 Å². The van der Waals surface area contributed by atoms with Gasteiger partial charge in [-0.15, -0.1) is 11.3 Å². The maximum Gasteiger partial charge on any atom is 0.263 e. The van der Waals surface area contributed by atoms with Crippen LogP contribution in [0.4, 0.5) is 0 Å². The van der Waals surface area contributed by atoms with Crippen molar-refractivity contribution in [1.29, 1.82) is 0 Å². The number of thiazole rings is 1. The number of hydrogen-bond donors (Lipinski definition) is 1.